The Morgan fingerprint density at radius 3 is 2.53 bits per heavy atom. The first-order chi connectivity index (χ1) is 18.7. The van der Waals surface area contributed by atoms with Crippen molar-refractivity contribution in [1.82, 2.24) is 10.2 Å². The zero-order valence-corrected chi connectivity index (χ0v) is 21.0. The number of ether oxygens (including phenoxy) is 1. The minimum Gasteiger partial charge on any atom is -0.494 e. The maximum atomic E-state index is 13.1. The van der Waals surface area contributed by atoms with Crippen molar-refractivity contribution >= 4 is 29.1 Å². The van der Waals surface area contributed by atoms with Gasteiger partial charge in [-0.25, -0.2) is 4.99 Å². The molecule has 1 N–H and O–H groups in total. The van der Waals surface area contributed by atoms with Crippen LogP contribution in [0, 0.1) is 0 Å². The molecule has 5 rings (SSSR count). The van der Waals surface area contributed by atoms with Gasteiger partial charge < -0.3 is 19.4 Å². The first-order valence-corrected chi connectivity index (χ1v) is 12.7. The molecule has 2 aliphatic rings. The summed E-state index contributed by atoms with van der Waals surface area (Å²) < 4.78 is 5.94. The van der Waals surface area contributed by atoms with E-state index >= 15 is 0 Å². The second-order valence-electron chi connectivity index (χ2n) is 9.04. The molecule has 3 aromatic rings. The number of carbonyl (C=O) groups is 2. The number of fused-ring (bicyclic) bond motifs is 2. The number of rotatable bonds is 12. The average molecular weight is 515 g/mol. The Kier molecular flexibility index (Phi) is 8.15. The number of aliphatic imine (C=N–C) groups is 1. The van der Waals surface area contributed by atoms with Crippen LogP contribution in [0.1, 0.15) is 24.8 Å². The molecule has 0 unspecified atom stereocenters. The van der Waals surface area contributed by atoms with Gasteiger partial charge in [0.25, 0.3) is 0 Å². The molecule has 1 fully saturated rings. The number of hydrogen-bond acceptors (Lipinski definition) is 7. The smallest absolute Gasteiger partial charge is 0.246 e. The quantitative estimate of drug-likeness (QED) is 0.221. The van der Waals surface area contributed by atoms with Gasteiger partial charge in [-0.1, -0.05) is 36.4 Å². The summed E-state index contributed by atoms with van der Waals surface area (Å²) in [6.45, 7) is 2.06. The van der Waals surface area contributed by atoms with E-state index in [-0.39, 0.29) is 18.4 Å². The van der Waals surface area contributed by atoms with E-state index in [1.807, 2.05) is 83.8 Å². The van der Waals surface area contributed by atoms with Crippen LogP contribution in [0.15, 0.2) is 83.9 Å². The van der Waals surface area contributed by atoms with E-state index in [1.54, 1.807) is 4.90 Å². The van der Waals surface area contributed by atoms with E-state index in [4.69, 9.17) is 14.5 Å². The Balaban J connectivity index is 1.07. The number of unbranched alkanes of at least 4 members (excludes halogenated alkanes) is 1. The second kappa shape index (κ2) is 12.2. The fraction of sp³-hybridized carbons (Fsp3) is 0.276. The number of para-hydroxylation sites is 2. The summed E-state index contributed by atoms with van der Waals surface area (Å²) in [5.74, 6) is 1.97. The lowest BCUT2D eigenvalue weighted by molar-refractivity contribution is -0.204. The maximum Gasteiger partial charge on any atom is 0.246 e. The molecule has 196 valence electrons. The van der Waals surface area contributed by atoms with Gasteiger partial charge in [0.05, 0.1) is 18.8 Å². The van der Waals surface area contributed by atoms with Gasteiger partial charge in [-0.2, -0.15) is 4.89 Å². The summed E-state index contributed by atoms with van der Waals surface area (Å²) in [4.78, 5) is 43.5. The average Bonchev–Trinajstić information content (AvgIpc) is 3.31. The van der Waals surface area contributed by atoms with Gasteiger partial charge in [-0.15, -0.1) is 0 Å². The highest BCUT2D eigenvalue weighted by atomic mass is 17.2. The Morgan fingerprint density at radius 2 is 1.71 bits per heavy atom. The number of nitrogens with one attached hydrogen (secondary N) is 1. The van der Waals surface area contributed by atoms with Gasteiger partial charge in [0, 0.05) is 24.2 Å². The van der Waals surface area contributed by atoms with E-state index < -0.39 is 0 Å². The molecule has 0 radical (unpaired) electrons. The minimum atomic E-state index is -0.0403. The zero-order valence-electron chi connectivity index (χ0n) is 21.0. The highest BCUT2D eigenvalue weighted by Crippen LogP contribution is 2.30. The fourth-order valence-corrected chi connectivity index (χ4v) is 4.35. The fourth-order valence-electron chi connectivity index (χ4n) is 4.35. The van der Waals surface area contributed by atoms with Gasteiger partial charge >= 0.3 is 0 Å². The van der Waals surface area contributed by atoms with Crippen molar-refractivity contribution in [3.63, 3.8) is 0 Å². The molecule has 3 aromatic carbocycles. The SMILES string of the molecule is O=C1CN2Cc3cc(OCCCCC(=O)N(CCOOc4ccccc4)c4ccccc4)ccc3N=C2N1. The Labute approximate surface area is 221 Å². The highest BCUT2D eigenvalue weighted by molar-refractivity contribution is 6.05. The molecule has 0 bridgehead atoms. The number of carbonyl (C=O) groups excluding carboxylic acids is 2. The van der Waals surface area contributed by atoms with Crippen molar-refractivity contribution in [3.05, 3.63) is 84.4 Å². The molecular weight excluding hydrogens is 484 g/mol. The molecule has 9 nitrogen and oxygen atoms in total. The summed E-state index contributed by atoms with van der Waals surface area (Å²) in [7, 11) is 0. The molecule has 0 aliphatic carbocycles. The first kappa shape index (κ1) is 25.3. The van der Waals surface area contributed by atoms with Crippen LogP contribution >= 0.6 is 0 Å². The molecule has 0 saturated carbocycles. The van der Waals surface area contributed by atoms with E-state index in [0.29, 0.717) is 50.8 Å². The van der Waals surface area contributed by atoms with Gasteiger partial charge in [-0.05, 0) is 55.3 Å². The van der Waals surface area contributed by atoms with Crippen LogP contribution in [0.25, 0.3) is 0 Å². The van der Waals surface area contributed by atoms with Crippen LogP contribution in [0.4, 0.5) is 11.4 Å². The molecule has 9 heteroatoms. The molecular formula is C29H30N4O5. The van der Waals surface area contributed by atoms with Crippen molar-refractivity contribution in [3.8, 4) is 11.5 Å². The predicted molar refractivity (Wildman–Crippen MR) is 143 cm³/mol. The minimum absolute atomic E-state index is 0.0238. The third kappa shape index (κ3) is 6.49. The Hall–Kier alpha value is -4.37. The number of nitrogens with zero attached hydrogens (tertiary/aromatic N) is 3. The number of benzene rings is 3. The van der Waals surface area contributed by atoms with E-state index in [2.05, 4.69) is 10.3 Å². The van der Waals surface area contributed by atoms with Gasteiger partial charge in [0.1, 0.15) is 18.9 Å². The molecule has 1 saturated heterocycles. The van der Waals surface area contributed by atoms with Crippen LogP contribution in [0.2, 0.25) is 0 Å². The van der Waals surface area contributed by atoms with E-state index in [1.165, 1.54) is 0 Å². The van der Waals surface area contributed by atoms with Gasteiger partial charge in [-0.3, -0.25) is 14.9 Å². The van der Waals surface area contributed by atoms with Crippen LogP contribution in [-0.2, 0) is 21.0 Å². The lowest BCUT2D eigenvalue weighted by Crippen LogP contribution is -2.34. The van der Waals surface area contributed by atoms with Crippen LogP contribution in [-0.4, -0.2) is 49.0 Å². The first-order valence-electron chi connectivity index (χ1n) is 12.7. The molecule has 38 heavy (non-hydrogen) atoms. The number of anilines is 1. The van der Waals surface area contributed by atoms with Crippen molar-refractivity contribution in [2.24, 2.45) is 4.99 Å². The summed E-state index contributed by atoms with van der Waals surface area (Å²) in [6, 6.07) is 24.6. The Morgan fingerprint density at radius 1 is 0.921 bits per heavy atom. The third-order valence-electron chi connectivity index (χ3n) is 6.24. The molecule has 2 amide bonds. The summed E-state index contributed by atoms with van der Waals surface area (Å²) in [5.41, 5.74) is 2.69. The van der Waals surface area contributed by atoms with Crippen LogP contribution < -0.4 is 19.8 Å². The lowest BCUT2D eigenvalue weighted by Gasteiger charge is -2.23. The van der Waals surface area contributed by atoms with Crippen molar-refractivity contribution in [2.75, 3.05) is 31.2 Å². The summed E-state index contributed by atoms with van der Waals surface area (Å²) >= 11 is 0. The van der Waals surface area contributed by atoms with Crippen LogP contribution in [0.5, 0.6) is 11.5 Å². The molecule has 2 heterocycles. The summed E-state index contributed by atoms with van der Waals surface area (Å²) in [6.07, 6.45) is 1.84. The zero-order chi connectivity index (χ0) is 26.2. The molecule has 0 aromatic heterocycles. The maximum absolute atomic E-state index is 13.1. The van der Waals surface area contributed by atoms with Crippen molar-refractivity contribution in [2.45, 2.75) is 25.8 Å². The molecule has 2 aliphatic heterocycles. The largest absolute Gasteiger partial charge is 0.494 e. The lowest BCUT2D eigenvalue weighted by atomic mass is 10.1. The van der Waals surface area contributed by atoms with Gasteiger partial charge in [0.2, 0.25) is 17.8 Å². The Bertz CT molecular complexity index is 1280. The van der Waals surface area contributed by atoms with Crippen molar-refractivity contribution < 1.29 is 24.1 Å². The predicted octanol–water partition coefficient (Wildman–Crippen LogP) is 4.21. The van der Waals surface area contributed by atoms with Crippen molar-refractivity contribution in [1.29, 1.82) is 0 Å². The topological polar surface area (TPSA) is 92.7 Å². The molecule has 0 spiro atoms. The number of amides is 2. The van der Waals surface area contributed by atoms with Gasteiger partial charge in [0.15, 0.2) is 5.75 Å². The van der Waals surface area contributed by atoms with E-state index in [9.17, 15) is 9.59 Å². The number of hydrogen-bond donors (Lipinski definition) is 1. The van der Waals surface area contributed by atoms with Crippen LogP contribution in [0.3, 0.4) is 0 Å². The second-order valence-corrected chi connectivity index (χ2v) is 9.04. The standard InChI is InChI=1S/C29H30N4O5/c34-27-21-32-20-22-19-25(14-15-26(22)30-29(32)31-27)36-17-8-7-13-28(35)33(23-9-3-1-4-10-23)16-18-37-38-24-11-5-2-6-12-24/h1-6,9-12,14-15,19H,7-8,13,16-18,20-21H2,(H,30,31,34). The third-order valence-corrected chi connectivity index (χ3v) is 6.24. The summed E-state index contributed by atoms with van der Waals surface area (Å²) in [5, 5.41) is 2.77. The highest BCUT2D eigenvalue weighted by Gasteiger charge is 2.29. The molecule has 0 atom stereocenters. The number of guanidine groups is 1. The van der Waals surface area contributed by atoms with E-state index in [0.717, 1.165) is 29.1 Å². The normalized spacial score (nSPS) is 13.7. The monoisotopic (exact) mass is 514 g/mol.